The minimum atomic E-state index is -0.258. The van der Waals surface area contributed by atoms with E-state index in [1.807, 2.05) is 72.8 Å². The van der Waals surface area contributed by atoms with Crippen molar-refractivity contribution in [3.63, 3.8) is 0 Å². The number of amides is 1. The van der Waals surface area contributed by atoms with Crippen molar-refractivity contribution in [1.29, 1.82) is 0 Å². The maximum absolute atomic E-state index is 12.3. The van der Waals surface area contributed by atoms with Gasteiger partial charge in [-0.15, -0.1) is 0 Å². The van der Waals surface area contributed by atoms with E-state index in [0.717, 1.165) is 11.1 Å². The molecule has 0 saturated heterocycles. The minimum Gasteiger partial charge on any atom is -0.493 e. The second-order valence-corrected chi connectivity index (χ2v) is 8.21. The van der Waals surface area contributed by atoms with Crippen LogP contribution in [-0.2, 0) is 12.0 Å². The molecule has 5 nitrogen and oxygen atoms in total. The van der Waals surface area contributed by atoms with Crippen LogP contribution < -0.4 is 14.9 Å². The molecule has 0 saturated carbocycles. The molecule has 160 valence electrons. The Balaban J connectivity index is 1.60. The molecule has 0 unspecified atom stereocenters. The summed E-state index contributed by atoms with van der Waals surface area (Å²) in [5, 5.41) is 4.07. The van der Waals surface area contributed by atoms with E-state index in [4.69, 9.17) is 9.47 Å². The normalized spacial score (nSPS) is 11.4. The summed E-state index contributed by atoms with van der Waals surface area (Å²) in [4.78, 5) is 12.3. The van der Waals surface area contributed by atoms with E-state index in [-0.39, 0.29) is 11.3 Å². The fourth-order valence-electron chi connectivity index (χ4n) is 2.97. The Kier molecular flexibility index (Phi) is 7.08. The lowest BCUT2D eigenvalue weighted by molar-refractivity contribution is 0.0955. The molecule has 0 radical (unpaired) electrons. The van der Waals surface area contributed by atoms with Crippen LogP contribution in [0.3, 0.4) is 0 Å². The number of methoxy groups -OCH3 is 1. The smallest absolute Gasteiger partial charge is 0.271 e. The molecule has 5 heteroatoms. The molecule has 1 amide bonds. The number of rotatable bonds is 7. The van der Waals surface area contributed by atoms with Gasteiger partial charge >= 0.3 is 0 Å². The van der Waals surface area contributed by atoms with Crippen molar-refractivity contribution >= 4 is 12.1 Å². The van der Waals surface area contributed by atoms with E-state index >= 15 is 0 Å². The summed E-state index contributed by atoms with van der Waals surface area (Å²) in [5.41, 5.74) is 6.21. The van der Waals surface area contributed by atoms with Crippen molar-refractivity contribution in [1.82, 2.24) is 5.43 Å². The third-order valence-corrected chi connectivity index (χ3v) is 4.82. The summed E-state index contributed by atoms with van der Waals surface area (Å²) in [6, 6.07) is 23.0. The molecule has 3 rings (SSSR count). The molecule has 3 aromatic rings. The Morgan fingerprint density at radius 3 is 2.32 bits per heavy atom. The predicted molar refractivity (Wildman–Crippen MR) is 124 cm³/mol. The highest BCUT2D eigenvalue weighted by Gasteiger charge is 2.14. The molecule has 1 N–H and O–H groups in total. The first kappa shape index (κ1) is 22.1. The molecule has 0 bridgehead atoms. The van der Waals surface area contributed by atoms with Gasteiger partial charge in [0.2, 0.25) is 0 Å². The van der Waals surface area contributed by atoms with Crippen molar-refractivity contribution in [3.8, 4) is 11.5 Å². The van der Waals surface area contributed by atoms with Crippen molar-refractivity contribution in [2.45, 2.75) is 32.8 Å². The second kappa shape index (κ2) is 9.94. The molecular weight excluding hydrogens is 388 g/mol. The first-order valence-electron chi connectivity index (χ1n) is 10.2. The van der Waals surface area contributed by atoms with Crippen LogP contribution in [0.2, 0.25) is 0 Å². The first-order valence-corrected chi connectivity index (χ1v) is 10.2. The van der Waals surface area contributed by atoms with E-state index in [9.17, 15) is 4.79 Å². The first-order chi connectivity index (χ1) is 14.9. The van der Waals surface area contributed by atoms with Crippen LogP contribution in [0, 0.1) is 0 Å². The number of carbonyl (C=O) groups is 1. The lowest BCUT2D eigenvalue weighted by Crippen LogP contribution is -2.18. The van der Waals surface area contributed by atoms with Crippen LogP contribution in [-0.4, -0.2) is 19.2 Å². The zero-order valence-corrected chi connectivity index (χ0v) is 18.4. The minimum absolute atomic E-state index is 0.0448. The van der Waals surface area contributed by atoms with Gasteiger partial charge in [-0.2, -0.15) is 5.10 Å². The van der Waals surface area contributed by atoms with Gasteiger partial charge in [-0.3, -0.25) is 4.79 Å². The van der Waals surface area contributed by atoms with E-state index in [0.29, 0.717) is 23.7 Å². The summed E-state index contributed by atoms with van der Waals surface area (Å²) in [5.74, 6) is 0.988. The molecule has 0 aliphatic heterocycles. The quantitative estimate of drug-likeness (QED) is 0.418. The van der Waals surface area contributed by atoms with Gasteiger partial charge in [0.25, 0.3) is 5.91 Å². The number of hydrogen-bond donors (Lipinski definition) is 1. The number of nitrogens with zero attached hydrogens (tertiary/aromatic N) is 1. The van der Waals surface area contributed by atoms with Crippen LogP contribution in [0.15, 0.2) is 77.9 Å². The van der Waals surface area contributed by atoms with Gasteiger partial charge in [0.15, 0.2) is 11.5 Å². The maximum Gasteiger partial charge on any atom is 0.271 e. The maximum atomic E-state index is 12.3. The highest BCUT2D eigenvalue weighted by molar-refractivity contribution is 5.95. The van der Waals surface area contributed by atoms with Crippen molar-refractivity contribution in [3.05, 3.63) is 95.1 Å². The predicted octanol–water partition coefficient (Wildman–Crippen LogP) is 5.34. The zero-order chi connectivity index (χ0) is 22.3. The van der Waals surface area contributed by atoms with Crippen LogP contribution in [0.4, 0.5) is 0 Å². The Morgan fingerprint density at radius 1 is 0.968 bits per heavy atom. The highest BCUT2D eigenvalue weighted by atomic mass is 16.5. The fourth-order valence-corrected chi connectivity index (χ4v) is 2.97. The zero-order valence-electron chi connectivity index (χ0n) is 18.4. The van der Waals surface area contributed by atoms with Crippen LogP contribution in [0.1, 0.15) is 47.8 Å². The van der Waals surface area contributed by atoms with Crippen LogP contribution in [0.5, 0.6) is 11.5 Å². The molecule has 0 aromatic heterocycles. The molecule has 31 heavy (non-hydrogen) atoms. The van der Waals surface area contributed by atoms with Gasteiger partial charge in [-0.25, -0.2) is 5.43 Å². The number of hydrogen-bond acceptors (Lipinski definition) is 4. The Hall–Kier alpha value is -3.60. The lowest BCUT2D eigenvalue weighted by atomic mass is 9.87. The van der Waals surface area contributed by atoms with E-state index in [1.54, 1.807) is 13.3 Å². The Labute approximate surface area is 183 Å². The van der Waals surface area contributed by atoms with Gasteiger partial charge in [-0.1, -0.05) is 63.2 Å². The Bertz CT molecular complexity index is 1040. The topological polar surface area (TPSA) is 59.9 Å². The monoisotopic (exact) mass is 416 g/mol. The van der Waals surface area contributed by atoms with Crippen molar-refractivity contribution in [2.75, 3.05) is 7.11 Å². The summed E-state index contributed by atoms with van der Waals surface area (Å²) in [6.07, 6.45) is 1.57. The number of benzene rings is 3. The largest absolute Gasteiger partial charge is 0.493 e. The van der Waals surface area contributed by atoms with E-state index < -0.39 is 0 Å². The fraction of sp³-hybridized carbons (Fsp3) is 0.231. The van der Waals surface area contributed by atoms with Crippen LogP contribution in [0.25, 0.3) is 0 Å². The second-order valence-electron chi connectivity index (χ2n) is 8.21. The van der Waals surface area contributed by atoms with Crippen molar-refractivity contribution < 1.29 is 14.3 Å². The average Bonchev–Trinajstić information content (AvgIpc) is 2.78. The standard InChI is InChI=1S/C26H28N2O3/c1-26(2,3)22-13-11-21(12-14-22)25(29)28-27-17-20-10-15-23(24(16-20)30-4)31-18-19-8-6-5-7-9-19/h5-17H,18H2,1-4H3,(H,28,29). The van der Waals surface area contributed by atoms with Gasteiger partial charge < -0.3 is 9.47 Å². The van der Waals surface area contributed by atoms with E-state index in [1.165, 1.54) is 5.56 Å². The highest BCUT2D eigenvalue weighted by Crippen LogP contribution is 2.28. The number of hydrazone groups is 1. The third-order valence-electron chi connectivity index (χ3n) is 4.82. The summed E-state index contributed by atoms with van der Waals surface area (Å²) >= 11 is 0. The van der Waals surface area contributed by atoms with E-state index in [2.05, 4.69) is 31.3 Å². The Morgan fingerprint density at radius 2 is 1.68 bits per heavy atom. The number of ether oxygens (including phenoxy) is 2. The molecule has 0 spiro atoms. The molecule has 0 atom stereocenters. The molecule has 0 fully saturated rings. The number of carbonyl (C=O) groups excluding carboxylic acids is 1. The lowest BCUT2D eigenvalue weighted by Gasteiger charge is -2.18. The van der Waals surface area contributed by atoms with Crippen LogP contribution >= 0.6 is 0 Å². The molecule has 0 heterocycles. The molecule has 0 aliphatic carbocycles. The van der Waals surface area contributed by atoms with Gasteiger partial charge in [0.05, 0.1) is 13.3 Å². The van der Waals surface area contributed by atoms with Crippen molar-refractivity contribution in [2.24, 2.45) is 5.10 Å². The van der Waals surface area contributed by atoms with Gasteiger partial charge in [-0.05, 0) is 52.4 Å². The summed E-state index contributed by atoms with van der Waals surface area (Å²) < 4.78 is 11.3. The number of nitrogens with one attached hydrogen (secondary N) is 1. The van der Waals surface area contributed by atoms with Gasteiger partial charge in [0, 0.05) is 5.56 Å². The molecule has 0 aliphatic rings. The molecule has 3 aromatic carbocycles. The van der Waals surface area contributed by atoms with Gasteiger partial charge in [0.1, 0.15) is 6.61 Å². The average molecular weight is 417 g/mol. The molecular formula is C26H28N2O3. The summed E-state index contributed by atoms with van der Waals surface area (Å²) in [6.45, 7) is 6.87. The summed E-state index contributed by atoms with van der Waals surface area (Å²) in [7, 11) is 1.59. The third kappa shape index (κ3) is 6.19. The SMILES string of the molecule is COc1cc(C=NNC(=O)c2ccc(C(C)(C)C)cc2)ccc1OCc1ccccc1.